The van der Waals surface area contributed by atoms with Gasteiger partial charge in [0.25, 0.3) is 0 Å². The summed E-state index contributed by atoms with van der Waals surface area (Å²) in [6, 6.07) is 0. The van der Waals surface area contributed by atoms with Crippen LogP contribution in [0.1, 0.15) is 74.1 Å². The third kappa shape index (κ3) is 6.20. The van der Waals surface area contributed by atoms with Crippen molar-refractivity contribution in [2.45, 2.75) is 111 Å². The van der Waals surface area contributed by atoms with Gasteiger partial charge >= 0.3 is 17.9 Å². The Morgan fingerprint density at radius 3 is 2.36 bits per heavy atom. The summed E-state index contributed by atoms with van der Waals surface area (Å²) in [5.41, 5.74) is 0.235. The van der Waals surface area contributed by atoms with Crippen molar-refractivity contribution in [2.24, 2.45) is 22.7 Å². The van der Waals surface area contributed by atoms with Gasteiger partial charge < -0.3 is 23.7 Å². The number of cyclic esters (lactones) is 1. The molecule has 0 aromatic rings. The molecule has 39 heavy (non-hydrogen) atoms. The summed E-state index contributed by atoms with van der Waals surface area (Å²) in [4.78, 5) is 36.2. The van der Waals surface area contributed by atoms with Gasteiger partial charge in [0.2, 0.25) is 0 Å². The van der Waals surface area contributed by atoms with Crippen LogP contribution in [-0.2, 0) is 33.0 Å². The van der Waals surface area contributed by atoms with Crippen LogP contribution in [0, 0.1) is 22.7 Å². The van der Waals surface area contributed by atoms with Gasteiger partial charge in [-0.1, -0.05) is 47.3 Å². The first-order valence-corrected chi connectivity index (χ1v) is 17.0. The molecule has 3 fully saturated rings. The van der Waals surface area contributed by atoms with Gasteiger partial charge in [-0.05, 0) is 66.6 Å². The van der Waals surface area contributed by atoms with E-state index in [0.29, 0.717) is 31.4 Å². The number of hydrogen-bond acceptors (Lipinski definition) is 8. The number of ether oxygens (including phenoxy) is 3. The van der Waals surface area contributed by atoms with Gasteiger partial charge in [0.1, 0.15) is 12.7 Å². The molecule has 3 aliphatic rings. The molecule has 0 bridgehead atoms. The van der Waals surface area contributed by atoms with Crippen molar-refractivity contribution in [3.05, 3.63) is 23.8 Å². The van der Waals surface area contributed by atoms with Crippen LogP contribution in [0.5, 0.6) is 0 Å². The van der Waals surface area contributed by atoms with Crippen LogP contribution in [0.25, 0.3) is 0 Å². The predicted molar refractivity (Wildman–Crippen MR) is 150 cm³/mol. The molecule has 0 unspecified atom stereocenters. The molecular weight excluding hydrogens is 516 g/mol. The highest BCUT2D eigenvalue weighted by Gasteiger charge is 2.61. The van der Waals surface area contributed by atoms with E-state index in [4.69, 9.17) is 18.6 Å². The first kappa shape index (κ1) is 31.6. The maximum absolute atomic E-state index is 12.4. The second-order valence-corrected chi connectivity index (χ2v) is 18.5. The first-order chi connectivity index (χ1) is 17.8. The van der Waals surface area contributed by atoms with E-state index < -0.39 is 37.9 Å². The Morgan fingerprint density at radius 2 is 1.79 bits per heavy atom. The monoisotopic (exact) mass is 564 g/mol. The third-order valence-corrected chi connectivity index (χ3v) is 14.6. The zero-order valence-corrected chi connectivity index (χ0v) is 26.2. The first-order valence-electron chi connectivity index (χ1n) is 14.1. The molecule has 0 aromatic heterocycles. The van der Waals surface area contributed by atoms with Crippen molar-refractivity contribution >= 4 is 26.2 Å². The Bertz CT molecular complexity index is 1030. The lowest BCUT2D eigenvalue weighted by molar-refractivity contribution is -0.189. The van der Waals surface area contributed by atoms with E-state index in [1.807, 2.05) is 0 Å². The minimum atomic E-state index is -2.12. The highest BCUT2D eigenvalue weighted by atomic mass is 28.4. The second kappa shape index (κ2) is 11.1. The van der Waals surface area contributed by atoms with Crippen LogP contribution in [0.15, 0.2) is 23.8 Å². The summed E-state index contributed by atoms with van der Waals surface area (Å²) >= 11 is 0. The third-order valence-electron chi connectivity index (χ3n) is 10.1. The van der Waals surface area contributed by atoms with Crippen LogP contribution in [0.2, 0.25) is 18.1 Å². The van der Waals surface area contributed by atoms with Crippen molar-refractivity contribution in [1.29, 1.82) is 0 Å². The Hall–Kier alpha value is -1.97. The van der Waals surface area contributed by atoms with Gasteiger partial charge in [0.05, 0.1) is 11.7 Å². The summed E-state index contributed by atoms with van der Waals surface area (Å²) < 4.78 is 23.2. The highest BCUT2D eigenvalue weighted by molar-refractivity contribution is 6.74. The molecule has 9 heteroatoms. The molecule has 0 radical (unpaired) electrons. The number of hydrogen-bond donors (Lipinski definition) is 1. The zero-order valence-electron chi connectivity index (χ0n) is 25.2. The molecule has 220 valence electrons. The molecule has 0 aromatic carbocycles. The number of allylic oxidation sites excluding steroid dienone is 1. The number of aliphatic hydroxyl groups is 1. The van der Waals surface area contributed by atoms with Crippen LogP contribution >= 0.6 is 0 Å². The quantitative estimate of drug-likeness (QED) is 0.150. The van der Waals surface area contributed by atoms with Crippen molar-refractivity contribution in [3.8, 4) is 0 Å². The highest BCUT2D eigenvalue weighted by Crippen LogP contribution is 2.62. The lowest BCUT2D eigenvalue weighted by Crippen LogP contribution is -2.61. The summed E-state index contributed by atoms with van der Waals surface area (Å²) in [6.45, 7) is 22.9. The molecule has 0 spiro atoms. The number of carbonyl (C=O) groups is 3. The Morgan fingerprint density at radius 1 is 1.18 bits per heavy atom. The van der Waals surface area contributed by atoms with Gasteiger partial charge in [-0.3, -0.25) is 9.59 Å². The van der Waals surface area contributed by atoms with Gasteiger partial charge in [0, 0.05) is 25.9 Å². The number of rotatable bonds is 7. The Labute approximate surface area is 234 Å². The normalized spacial score (nSPS) is 36.4. The Balaban J connectivity index is 1.99. The molecule has 1 saturated heterocycles. The average molecular weight is 565 g/mol. The topological polar surface area (TPSA) is 108 Å². The van der Waals surface area contributed by atoms with Crippen molar-refractivity contribution < 1.29 is 38.1 Å². The fourth-order valence-electron chi connectivity index (χ4n) is 6.68. The van der Waals surface area contributed by atoms with E-state index in [9.17, 15) is 19.5 Å². The van der Waals surface area contributed by atoms with Crippen molar-refractivity contribution in [1.82, 2.24) is 0 Å². The van der Waals surface area contributed by atoms with Crippen LogP contribution in [0.3, 0.4) is 0 Å². The molecule has 2 aliphatic carbocycles. The molecule has 1 N–H and O–H groups in total. The number of fused-ring (bicyclic) bond motifs is 1. The molecule has 0 amide bonds. The zero-order chi connectivity index (χ0) is 29.6. The summed E-state index contributed by atoms with van der Waals surface area (Å²) in [5, 5.41) is 11.3. The number of esters is 3. The fraction of sp³-hybridized carbons (Fsp3) is 0.767. The van der Waals surface area contributed by atoms with Crippen molar-refractivity contribution in [2.75, 3.05) is 13.2 Å². The molecule has 3 rings (SSSR count). The maximum atomic E-state index is 12.4. The van der Waals surface area contributed by atoms with Gasteiger partial charge in [0.15, 0.2) is 14.4 Å². The average Bonchev–Trinajstić information content (AvgIpc) is 3.14. The van der Waals surface area contributed by atoms with E-state index in [-0.39, 0.29) is 41.0 Å². The van der Waals surface area contributed by atoms with Gasteiger partial charge in [-0.25, -0.2) is 4.79 Å². The van der Waals surface area contributed by atoms with E-state index >= 15 is 0 Å². The van der Waals surface area contributed by atoms with Gasteiger partial charge in [-0.2, -0.15) is 0 Å². The smallest absolute Gasteiger partial charge is 0.337 e. The standard InChI is InChI=1S/C30H48O8Si/c1-18-22(12-11-21-24(37-19(2)31)16-35-27(21)34)29(7)14-13-26(38-20(3)32)30(8,25(29)15-23(18)33)17-36-39(9,10)28(4,5)6/h11,22-26,33H,1,12-17H2,2-10H3/b21-11+/t22-,23+,24-,25+,26-,29+,30+/m1/s1. The van der Waals surface area contributed by atoms with E-state index in [1.54, 1.807) is 6.08 Å². The maximum Gasteiger partial charge on any atom is 0.337 e. The van der Waals surface area contributed by atoms with E-state index in [1.165, 1.54) is 13.8 Å². The second-order valence-electron chi connectivity index (χ2n) is 13.7. The van der Waals surface area contributed by atoms with Crippen LogP contribution in [0.4, 0.5) is 0 Å². The predicted octanol–water partition coefficient (Wildman–Crippen LogP) is 5.10. The molecule has 8 nitrogen and oxygen atoms in total. The molecular formula is C30H48O8Si. The molecule has 7 atom stereocenters. The molecule has 1 heterocycles. The molecule has 2 saturated carbocycles. The van der Waals surface area contributed by atoms with Gasteiger partial charge in [-0.15, -0.1) is 0 Å². The molecule has 1 aliphatic heterocycles. The number of aliphatic hydroxyl groups excluding tert-OH is 1. The number of carbonyl (C=O) groups excluding carboxylic acids is 3. The SMILES string of the molecule is C=C1[C@@H](C/C=C2/C(=O)OC[C@H]2OC(C)=O)[C@]2(C)CC[C@@H](OC(C)=O)[C@@](C)(CO[Si](C)(C)C(C)(C)C)[C@H]2C[C@@H]1O. The van der Waals surface area contributed by atoms with Crippen molar-refractivity contribution in [3.63, 3.8) is 0 Å². The Kier molecular flexibility index (Phi) is 9.00. The van der Waals surface area contributed by atoms with E-state index in [2.05, 4.69) is 54.3 Å². The summed E-state index contributed by atoms with van der Waals surface area (Å²) in [6.07, 6.45) is 2.35. The summed E-state index contributed by atoms with van der Waals surface area (Å²) in [5.74, 6) is -1.46. The van der Waals surface area contributed by atoms with Crippen LogP contribution in [-0.4, -0.2) is 62.9 Å². The van der Waals surface area contributed by atoms with Crippen LogP contribution < -0.4 is 0 Å². The lowest BCUT2D eigenvalue weighted by atomic mass is 9.45. The fourth-order valence-corrected chi connectivity index (χ4v) is 7.79. The van der Waals surface area contributed by atoms with E-state index in [0.717, 1.165) is 12.0 Å². The lowest BCUT2D eigenvalue weighted by Gasteiger charge is -2.61. The summed E-state index contributed by atoms with van der Waals surface area (Å²) in [7, 11) is -2.12. The largest absolute Gasteiger partial charge is 0.462 e. The minimum Gasteiger partial charge on any atom is -0.462 e. The minimum absolute atomic E-state index is 0.00526.